The fourth-order valence-electron chi connectivity index (χ4n) is 3.73. The number of hydrogen-bond acceptors (Lipinski definition) is 6. The van der Waals surface area contributed by atoms with E-state index in [-0.39, 0.29) is 22.8 Å². The smallest absolute Gasteiger partial charge is 0.279 e. The van der Waals surface area contributed by atoms with E-state index in [4.69, 9.17) is 22.1 Å². The van der Waals surface area contributed by atoms with Crippen LogP contribution in [0.3, 0.4) is 0 Å². The van der Waals surface area contributed by atoms with Gasteiger partial charge in [-0.2, -0.15) is 4.31 Å². The van der Waals surface area contributed by atoms with E-state index in [0.717, 1.165) is 15.4 Å². The van der Waals surface area contributed by atoms with Gasteiger partial charge < -0.3 is 10.5 Å². The first kappa shape index (κ1) is 25.6. The number of alkyl halides is 2. The summed E-state index contributed by atoms with van der Waals surface area (Å²) in [6.45, 7) is -0.900. The summed E-state index contributed by atoms with van der Waals surface area (Å²) in [5, 5.41) is 0. The SMILES string of the molecule is COc1ccc(-c2ccc(S(=O)(=O)N3CCC[C@H]3C(=O)N(CC(N)=O)C(=O)[C@H](F)Cl)cc2)cc1. The van der Waals surface area contributed by atoms with Crippen LogP contribution in [0.15, 0.2) is 53.4 Å². The highest BCUT2D eigenvalue weighted by molar-refractivity contribution is 7.89. The Hall–Kier alpha value is -3.02. The summed E-state index contributed by atoms with van der Waals surface area (Å²) in [7, 11) is -2.58. The molecule has 0 aliphatic carbocycles. The van der Waals surface area contributed by atoms with Gasteiger partial charge >= 0.3 is 0 Å². The number of amides is 3. The maximum absolute atomic E-state index is 13.4. The van der Waals surface area contributed by atoms with E-state index < -0.39 is 46.0 Å². The normalized spacial score (nSPS) is 17.2. The predicted octanol–water partition coefficient (Wildman–Crippen LogP) is 1.89. The van der Waals surface area contributed by atoms with E-state index in [1.165, 1.54) is 12.1 Å². The molecule has 2 atom stereocenters. The van der Waals surface area contributed by atoms with Gasteiger partial charge in [-0.05, 0) is 48.2 Å². The van der Waals surface area contributed by atoms with Crippen LogP contribution in [0.5, 0.6) is 5.75 Å². The fourth-order valence-corrected chi connectivity index (χ4v) is 5.50. The Morgan fingerprint density at radius 3 is 2.21 bits per heavy atom. The second-order valence-electron chi connectivity index (χ2n) is 7.56. The van der Waals surface area contributed by atoms with Gasteiger partial charge in [0.1, 0.15) is 18.3 Å². The number of carbonyl (C=O) groups is 3. The molecule has 0 bridgehead atoms. The van der Waals surface area contributed by atoms with Crippen molar-refractivity contribution in [3.63, 3.8) is 0 Å². The molecule has 3 rings (SSSR count). The molecule has 2 N–H and O–H groups in total. The number of halogens is 2. The van der Waals surface area contributed by atoms with Crippen molar-refractivity contribution in [1.82, 2.24) is 9.21 Å². The molecule has 0 spiro atoms. The summed E-state index contributed by atoms with van der Waals surface area (Å²) >= 11 is 5.16. The van der Waals surface area contributed by atoms with Gasteiger partial charge in [0.15, 0.2) is 0 Å². The van der Waals surface area contributed by atoms with E-state index in [0.29, 0.717) is 12.2 Å². The molecule has 1 fully saturated rings. The highest BCUT2D eigenvalue weighted by atomic mass is 35.5. The molecule has 0 radical (unpaired) electrons. The van der Waals surface area contributed by atoms with E-state index in [2.05, 4.69) is 0 Å². The van der Waals surface area contributed by atoms with Crippen molar-refractivity contribution >= 4 is 39.3 Å². The Balaban J connectivity index is 1.86. The van der Waals surface area contributed by atoms with Crippen molar-refractivity contribution in [2.75, 3.05) is 20.2 Å². The van der Waals surface area contributed by atoms with Crippen LogP contribution in [0, 0.1) is 0 Å². The van der Waals surface area contributed by atoms with Crippen LogP contribution in [0.25, 0.3) is 11.1 Å². The summed E-state index contributed by atoms with van der Waals surface area (Å²) < 4.78 is 46.0. The third kappa shape index (κ3) is 5.37. The number of hydrogen-bond donors (Lipinski definition) is 1. The van der Waals surface area contributed by atoms with Gasteiger partial charge in [-0.3, -0.25) is 19.3 Å². The summed E-state index contributed by atoms with van der Waals surface area (Å²) in [6.07, 6.45) is 0.419. The van der Waals surface area contributed by atoms with Crippen LogP contribution in [-0.2, 0) is 24.4 Å². The van der Waals surface area contributed by atoms with Gasteiger partial charge in [0.05, 0.1) is 12.0 Å². The number of methoxy groups -OCH3 is 1. The summed E-state index contributed by atoms with van der Waals surface area (Å²) in [4.78, 5) is 36.5. The van der Waals surface area contributed by atoms with Gasteiger partial charge in [-0.15, -0.1) is 0 Å². The minimum atomic E-state index is -4.14. The summed E-state index contributed by atoms with van der Waals surface area (Å²) in [6, 6.07) is 12.0. The van der Waals surface area contributed by atoms with E-state index >= 15 is 0 Å². The molecule has 34 heavy (non-hydrogen) atoms. The molecule has 1 saturated heterocycles. The molecule has 182 valence electrons. The zero-order valence-corrected chi connectivity index (χ0v) is 19.8. The molecule has 12 heteroatoms. The molecule has 1 aliphatic heterocycles. The number of imide groups is 1. The number of sulfonamides is 1. The first-order valence-corrected chi connectivity index (χ1v) is 12.1. The molecule has 0 saturated carbocycles. The zero-order valence-electron chi connectivity index (χ0n) is 18.2. The Labute approximate surface area is 201 Å². The van der Waals surface area contributed by atoms with Gasteiger partial charge in [0.25, 0.3) is 11.5 Å². The maximum Gasteiger partial charge on any atom is 0.279 e. The first-order chi connectivity index (χ1) is 16.1. The third-order valence-corrected chi connectivity index (χ3v) is 7.51. The minimum absolute atomic E-state index is 0.0114. The lowest BCUT2D eigenvalue weighted by Crippen LogP contribution is -2.53. The zero-order chi connectivity index (χ0) is 25.0. The van der Waals surface area contributed by atoms with Gasteiger partial charge in [0, 0.05) is 6.54 Å². The van der Waals surface area contributed by atoms with Crippen molar-refractivity contribution in [2.24, 2.45) is 5.73 Å². The number of nitrogens with zero attached hydrogens (tertiary/aromatic N) is 2. The van der Waals surface area contributed by atoms with Crippen molar-refractivity contribution in [1.29, 1.82) is 0 Å². The average Bonchev–Trinajstić information content (AvgIpc) is 3.32. The van der Waals surface area contributed by atoms with Crippen molar-refractivity contribution in [2.45, 2.75) is 29.4 Å². The minimum Gasteiger partial charge on any atom is -0.497 e. The molecular weight excluding hydrogens is 489 g/mol. The highest BCUT2D eigenvalue weighted by Gasteiger charge is 2.43. The number of primary amides is 1. The second kappa shape index (κ2) is 10.5. The van der Waals surface area contributed by atoms with Crippen molar-refractivity contribution in [3.05, 3.63) is 48.5 Å². The molecule has 0 unspecified atom stereocenters. The third-order valence-electron chi connectivity index (χ3n) is 5.41. The quantitative estimate of drug-likeness (QED) is 0.539. The van der Waals surface area contributed by atoms with Crippen LogP contribution in [0.4, 0.5) is 4.39 Å². The van der Waals surface area contributed by atoms with Gasteiger partial charge in [-0.1, -0.05) is 35.9 Å². The van der Waals surface area contributed by atoms with E-state index in [1.54, 1.807) is 31.4 Å². The topological polar surface area (TPSA) is 127 Å². The molecule has 1 heterocycles. The number of carbonyl (C=O) groups excluding carboxylic acids is 3. The van der Waals surface area contributed by atoms with Crippen LogP contribution >= 0.6 is 11.6 Å². The van der Waals surface area contributed by atoms with Crippen LogP contribution in [0.1, 0.15) is 12.8 Å². The fraction of sp³-hybridized carbons (Fsp3) is 0.318. The lowest BCUT2D eigenvalue weighted by atomic mass is 10.1. The van der Waals surface area contributed by atoms with E-state index in [9.17, 15) is 27.2 Å². The Bertz CT molecular complexity index is 1170. The van der Waals surface area contributed by atoms with Crippen LogP contribution in [-0.4, -0.2) is 67.2 Å². The molecular formula is C22H23ClFN3O6S. The molecule has 1 aliphatic rings. The molecule has 9 nitrogen and oxygen atoms in total. The summed E-state index contributed by atoms with van der Waals surface area (Å²) in [5.74, 6) is -2.91. The Morgan fingerprint density at radius 2 is 1.71 bits per heavy atom. The molecule has 3 amide bonds. The average molecular weight is 512 g/mol. The van der Waals surface area contributed by atoms with Gasteiger partial charge in [-0.25, -0.2) is 12.8 Å². The predicted molar refractivity (Wildman–Crippen MR) is 122 cm³/mol. The second-order valence-corrected chi connectivity index (χ2v) is 9.83. The number of rotatable bonds is 8. The maximum atomic E-state index is 13.4. The van der Waals surface area contributed by atoms with E-state index in [1.807, 2.05) is 12.1 Å². The molecule has 0 aromatic heterocycles. The number of benzene rings is 2. The van der Waals surface area contributed by atoms with Crippen molar-refractivity contribution in [3.8, 4) is 16.9 Å². The summed E-state index contributed by atoms with van der Waals surface area (Å²) in [5.41, 5.74) is 4.10. The number of ether oxygens (including phenoxy) is 1. The highest BCUT2D eigenvalue weighted by Crippen LogP contribution is 2.30. The van der Waals surface area contributed by atoms with Crippen LogP contribution < -0.4 is 10.5 Å². The monoisotopic (exact) mass is 511 g/mol. The first-order valence-electron chi connectivity index (χ1n) is 10.2. The molecule has 2 aromatic carbocycles. The lowest BCUT2D eigenvalue weighted by molar-refractivity contribution is -0.150. The van der Waals surface area contributed by atoms with Crippen molar-refractivity contribution < 1.29 is 31.9 Å². The van der Waals surface area contributed by atoms with Gasteiger partial charge in [0.2, 0.25) is 21.8 Å². The largest absolute Gasteiger partial charge is 0.497 e. The Morgan fingerprint density at radius 1 is 1.15 bits per heavy atom. The number of nitrogens with two attached hydrogens (primary N) is 1. The molecule has 2 aromatic rings. The standard InChI is InChI=1S/C22H23ClFN3O6S/c1-33-16-8-4-14(5-9-16)15-6-10-17(11-7-15)34(31,32)27-12-2-3-18(27)21(29)26(13-19(25)28)22(30)20(23)24/h4-11,18,20H,2-3,12-13H2,1H3,(H2,25,28)/t18-,20-/m0/s1. The van der Waals surface area contributed by atoms with Crippen LogP contribution in [0.2, 0.25) is 0 Å². The lowest BCUT2D eigenvalue weighted by Gasteiger charge is -2.28. The Kier molecular flexibility index (Phi) is 7.90.